The first kappa shape index (κ1) is 9.48. The summed E-state index contributed by atoms with van der Waals surface area (Å²) in [6.45, 7) is 8.23. The zero-order chi connectivity index (χ0) is 7.82. The van der Waals surface area contributed by atoms with Crippen molar-refractivity contribution in [2.75, 3.05) is 0 Å². The first-order valence-electron chi connectivity index (χ1n) is 4.15. The van der Waals surface area contributed by atoms with E-state index in [2.05, 4.69) is 32.6 Å². The van der Waals surface area contributed by atoms with Crippen LogP contribution in [0.25, 0.3) is 0 Å². The van der Waals surface area contributed by atoms with Gasteiger partial charge in [-0.25, -0.2) is 0 Å². The lowest BCUT2D eigenvalue weighted by molar-refractivity contribution is 0.814. The highest BCUT2D eigenvalue weighted by molar-refractivity contribution is 5.13. The second-order valence-corrected chi connectivity index (χ2v) is 2.56. The highest BCUT2D eigenvalue weighted by atomic mass is 13.9. The number of hydrogen-bond acceptors (Lipinski definition) is 0. The molecule has 0 atom stereocenters. The Labute approximate surface area is 64.6 Å². The topological polar surface area (TPSA) is 0 Å². The van der Waals surface area contributed by atoms with Crippen LogP contribution in [0.4, 0.5) is 0 Å². The Balaban J connectivity index is 3.27. The van der Waals surface area contributed by atoms with Gasteiger partial charge in [0.1, 0.15) is 0 Å². The van der Waals surface area contributed by atoms with E-state index in [0.29, 0.717) is 0 Å². The molecule has 0 nitrogen and oxygen atoms in total. The zero-order valence-electron chi connectivity index (χ0n) is 7.19. The molecule has 0 saturated heterocycles. The van der Waals surface area contributed by atoms with Gasteiger partial charge in [0.05, 0.1) is 0 Å². The van der Waals surface area contributed by atoms with Crippen molar-refractivity contribution in [1.82, 2.24) is 0 Å². The third-order valence-electron chi connectivity index (χ3n) is 1.53. The molecule has 0 heteroatoms. The van der Waals surface area contributed by atoms with Crippen LogP contribution in [0.5, 0.6) is 0 Å². The second-order valence-electron chi connectivity index (χ2n) is 2.56. The van der Waals surface area contributed by atoms with Gasteiger partial charge >= 0.3 is 0 Å². The van der Waals surface area contributed by atoms with Gasteiger partial charge < -0.3 is 0 Å². The summed E-state index contributed by atoms with van der Waals surface area (Å²) in [7, 11) is 0. The van der Waals surface area contributed by atoms with E-state index in [-0.39, 0.29) is 0 Å². The highest BCUT2D eigenvalue weighted by Gasteiger charge is 1.80. The molecule has 0 rings (SSSR count). The Morgan fingerprint density at radius 1 is 1.40 bits per heavy atom. The maximum atomic E-state index is 3.88. The fraction of sp³-hybridized carbons (Fsp3) is 0.600. The van der Waals surface area contributed by atoms with Crippen molar-refractivity contribution in [1.29, 1.82) is 0 Å². The average molecular weight is 138 g/mol. The van der Waals surface area contributed by atoms with Crippen molar-refractivity contribution in [3.05, 3.63) is 24.3 Å². The molecule has 0 radical (unpaired) electrons. The molecule has 0 spiro atoms. The van der Waals surface area contributed by atoms with Gasteiger partial charge in [0, 0.05) is 0 Å². The minimum atomic E-state index is 1.07. The monoisotopic (exact) mass is 138 g/mol. The third kappa shape index (κ3) is 5.61. The number of rotatable bonds is 5. The van der Waals surface area contributed by atoms with Crippen LogP contribution < -0.4 is 0 Å². The molecule has 0 aliphatic carbocycles. The smallest absolute Gasteiger partial charge is 0.0313 e. The SMILES string of the molecule is C=C(/C=C/CCCC)CC. The molecule has 10 heavy (non-hydrogen) atoms. The lowest BCUT2D eigenvalue weighted by Gasteiger charge is -1.91. The standard InChI is InChI=1S/C10H18/c1-4-6-7-8-9-10(3)5-2/h8-9H,3-7H2,1-2H3/b9-8+. The van der Waals surface area contributed by atoms with Crippen LogP contribution in [0.3, 0.4) is 0 Å². The molecule has 0 unspecified atom stereocenters. The van der Waals surface area contributed by atoms with Crippen LogP contribution in [-0.2, 0) is 0 Å². The first-order chi connectivity index (χ1) is 4.81. The van der Waals surface area contributed by atoms with E-state index in [1.165, 1.54) is 24.8 Å². The van der Waals surface area contributed by atoms with E-state index in [0.717, 1.165) is 6.42 Å². The summed E-state index contributed by atoms with van der Waals surface area (Å²) in [5.74, 6) is 0. The summed E-state index contributed by atoms with van der Waals surface area (Å²) in [4.78, 5) is 0. The minimum absolute atomic E-state index is 1.07. The predicted molar refractivity (Wildman–Crippen MR) is 48.1 cm³/mol. The zero-order valence-corrected chi connectivity index (χ0v) is 7.19. The van der Waals surface area contributed by atoms with Gasteiger partial charge in [0.25, 0.3) is 0 Å². The fourth-order valence-electron chi connectivity index (χ4n) is 0.690. The highest BCUT2D eigenvalue weighted by Crippen LogP contribution is 2.01. The lowest BCUT2D eigenvalue weighted by Crippen LogP contribution is -1.70. The van der Waals surface area contributed by atoms with E-state index in [1.54, 1.807) is 0 Å². The Morgan fingerprint density at radius 2 is 2.10 bits per heavy atom. The maximum absolute atomic E-state index is 3.88. The van der Waals surface area contributed by atoms with Crippen molar-refractivity contribution >= 4 is 0 Å². The Hall–Kier alpha value is -0.520. The summed E-state index contributed by atoms with van der Waals surface area (Å²) in [5, 5.41) is 0. The Morgan fingerprint density at radius 3 is 2.60 bits per heavy atom. The molecule has 0 saturated carbocycles. The molecule has 0 heterocycles. The van der Waals surface area contributed by atoms with Crippen LogP contribution in [0, 0.1) is 0 Å². The molecule has 0 bridgehead atoms. The summed E-state index contributed by atoms with van der Waals surface area (Å²) in [5.41, 5.74) is 1.23. The average Bonchev–Trinajstić information content (AvgIpc) is 1.98. The van der Waals surface area contributed by atoms with Gasteiger partial charge in [-0.3, -0.25) is 0 Å². The number of hydrogen-bond donors (Lipinski definition) is 0. The molecule has 0 aliphatic heterocycles. The van der Waals surface area contributed by atoms with E-state index >= 15 is 0 Å². The predicted octanol–water partition coefficient (Wildman–Crippen LogP) is 3.70. The normalized spacial score (nSPS) is 10.6. The van der Waals surface area contributed by atoms with Crippen molar-refractivity contribution in [3.8, 4) is 0 Å². The summed E-state index contributed by atoms with van der Waals surface area (Å²) < 4.78 is 0. The van der Waals surface area contributed by atoms with Gasteiger partial charge in [0.2, 0.25) is 0 Å². The maximum Gasteiger partial charge on any atom is -0.0313 e. The van der Waals surface area contributed by atoms with Crippen molar-refractivity contribution < 1.29 is 0 Å². The van der Waals surface area contributed by atoms with E-state index in [9.17, 15) is 0 Å². The second kappa shape index (κ2) is 6.60. The molecule has 0 aromatic rings. The van der Waals surface area contributed by atoms with Crippen LogP contribution in [-0.4, -0.2) is 0 Å². The molecule has 0 aromatic carbocycles. The molecule has 0 aromatic heterocycles. The quantitative estimate of drug-likeness (QED) is 0.401. The Kier molecular flexibility index (Phi) is 6.25. The van der Waals surface area contributed by atoms with Gasteiger partial charge in [-0.1, -0.05) is 51.0 Å². The number of allylic oxidation sites excluding steroid dienone is 3. The largest absolute Gasteiger partial charge is 0.0959 e. The summed E-state index contributed by atoms with van der Waals surface area (Å²) in [6.07, 6.45) is 9.21. The van der Waals surface area contributed by atoms with Crippen LogP contribution in [0.1, 0.15) is 39.5 Å². The van der Waals surface area contributed by atoms with Gasteiger partial charge in [-0.05, 0) is 12.8 Å². The van der Waals surface area contributed by atoms with Crippen LogP contribution in [0.15, 0.2) is 24.3 Å². The fourth-order valence-corrected chi connectivity index (χ4v) is 0.690. The molecule has 0 N–H and O–H groups in total. The van der Waals surface area contributed by atoms with Crippen LogP contribution >= 0.6 is 0 Å². The van der Waals surface area contributed by atoms with Gasteiger partial charge in [-0.15, -0.1) is 0 Å². The lowest BCUT2D eigenvalue weighted by atomic mass is 10.2. The summed E-state index contributed by atoms with van der Waals surface area (Å²) in [6, 6.07) is 0. The first-order valence-corrected chi connectivity index (χ1v) is 4.15. The molecule has 0 aliphatic rings. The van der Waals surface area contributed by atoms with Crippen LogP contribution in [0.2, 0.25) is 0 Å². The molecular weight excluding hydrogens is 120 g/mol. The van der Waals surface area contributed by atoms with Gasteiger partial charge in [0.15, 0.2) is 0 Å². The van der Waals surface area contributed by atoms with E-state index in [4.69, 9.17) is 0 Å². The molecule has 0 amide bonds. The van der Waals surface area contributed by atoms with Crippen molar-refractivity contribution in [2.24, 2.45) is 0 Å². The molecule has 0 fully saturated rings. The Bertz CT molecular complexity index is 109. The molecule has 58 valence electrons. The third-order valence-corrected chi connectivity index (χ3v) is 1.53. The van der Waals surface area contributed by atoms with E-state index in [1.807, 2.05) is 0 Å². The molecular formula is C10H18. The number of unbranched alkanes of at least 4 members (excludes halogenated alkanes) is 2. The van der Waals surface area contributed by atoms with Crippen molar-refractivity contribution in [3.63, 3.8) is 0 Å². The van der Waals surface area contributed by atoms with Crippen molar-refractivity contribution in [2.45, 2.75) is 39.5 Å². The van der Waals surface area contributed by atoms with E-state index < -0.39 is 0 Å². The van der Waals surface area contributed by atoms with Gasteiger partial charge in [-0.2, -0.15) is 0 Å². The summed E-state index contributed by atoms with van der Waals surface area (Å²) >= 11 is 0. The minimum Gasteiger partial charge on any atom is -0.0959 e.